The SMILES string of the molecule is COC(=O)C1=C(N)OC2=C(C(=O)CCC2)[C@@H]1c1cc(Br)c(OCc2ccccc2F)c(OC)c1. The first-order valence-electron chi connectivity index (χ1n) is 10.6. The molecule has 0 unspecified atom stereocenters. The van der Waals surface area contributed by atoms with Gasteiger partial charge in [-0.2, -0.15) is 0 Å². The van der Waals surface area contributed by atoms with Crippen LogP contribution in [-0.4, -0.2) is 26.0 Å². The Bertz CT molecular complexity index is 1220. The van der Waals surface area contributed by atoms with Crippen LogP contribution in [0, 0.1) is 5.82 Å². The third kappa shape index (κ3) is 4.40. The number of rotatable bonds is 6. The van der Waals surface area contributed by atoms with Gasteiger partial charge >= 0.3 is 5.97 Å². The van der Waals surface area contributed by atoms with E-state index in [4.69, 9.17) is 24.7 Å². The number of carbonyl (C=O) groups is 2. The molecule has 2 N–H and O–H groups in total. The third-order valence-electron chi connectivity index (χ3n) is 5.80. The predicted octanol–water partition coefficient (Wildman–Crippen LogP) is 4.64. The molecule has 1 aliphatic heterocycles. The van der Waals surface area contributed by atoms with Gasteiger partial charge in [0.05, 0.1) is 24.6 Å². The highest BCUT2D eigenvalue weighted by Gasteiger charge is 2.41. The summed E-state index contributed by atoms with van der Waals surface area (Å²) in [5.74, 6) is -0.938. The molecule has 0 bridgehead atoms. The lowest BCUT2D eigenvalue weighted by molar-refractivity contribution is -0.136. The molecule has 0 saturated carbocycles. The summed E-state index contributed by atoms with van der Waals surface area (Å²) in [5, 5.41) is 0. The van der Waals surface area contributed by atoms with Crippen molar-refractivity contribution in [3.05, 3.63) is 80.6 Å². The number of ether oxygens (including phenoxy) is 4. The Morgan fingerprint density at radius 1 is 1.24 bits per heavy atom. The van der Waals surface area contributed by atoms with Crippen LogP contribution in [0.4, 0.5) is 4.39 Å². The minimum Gasteiger partial charge on any atom is -0.493 e. The maximum Gasteiger partial charge on any atom is 0.340 e. The number of methoxy groups -OCH3 is 2. The van der Waals surface area contributed by atoms with E-state index in [-0.39, 0.29) is 29.7 Å². The summed E-state index contributed by atoms with van der Waals surface area (Å²) in [4.78, 5) is 25.6. The number of hydrogen-bond donors (Lipinski definition) is 1. The summed E-state index contributed by atoms with van der Waals surface area (Å²) in [5.41, 5.74) is 7.49. The molecular formula is C25H23BrFNO6. The summed E-state index contributed by atoms with van der Waals surface area (Å²) < 4.78 is 36.6. The summed E-state index contributed by atoms with van der Waals surface area (Å²) in [6, 6.07) is 9.70. The van der Waals surface area contributed by atoms with Crippen molar-refractivity contribution in [3.63, 3.8) is 0 Å². The van der Waals surface area contributed by atoms with Gasteiger partial charge in [-0.05, 0) is 46.1 Å². The van der Waals surface area contributed by atoms with Crippen LogP contribution < -0.4 is 15.2 Å². The average Bonchev–Trinajstić information content (AvgIpc) is 2.82. The number of allylic oxidation sites excluding steroid dienone is 2. The maximum absolute atomic E-state index is 14.0. The molecule has 1 aliphatic carbocycles. The molecule has 0 aromatic heterocycles. The minimum absolute atomic E-state index is 0.0215. The molecule has 0 fully saturated rings. The van der Waals surface area contributed by atoms with Crippen molar-refractivity contribution in [3.8, 4) is 11.5 Å². The Balaban J connectivity index is 1.78. The third-order valence-corrected chi connectivity index (χ3v) is 6.39. The van der Waals surface area contributed by atoms with Crippen molar-refractivity contribution in [1.82, 2.24) is 0 Å². The largest absolute Gasteiger partial charge is 0.493 e. The Hall–Kier alpha value is -3.33. The van der Waals surface area contributed by atoms with Crippen LogP contribution >= 0.6 is 15.9 Å². The van der Waals surface area contributed by atoms with Crippen LogP contribution in [0.3, 0.4) is 0 Å². The Morgan fingerprint density at radius 3 is 2.71 bits per heavy atom. The number of halogens is 2. The van der Waals surface area contributed by atoms with E-state index in [9.17, 15) is 14.0 Å². The first-order chi connectivity index (χ1) is 16.3. The minimum atomic E-state index is -0.796. The van der Waals surface area contributed by atoms with Crippen molar-refractivity contribution in [2.75, 3.05) is 14.2 Å². The average molecular weight is 532 g/mol. The van der Waals surface area contributed by atoms with Gasteiger partial charge in [0.15, 0.2) is 17.3 Å². The van der Waals surface area contributed by atoms with Crippen molar-refractivity contribution >= 4 is 27.7 Å². The van der Waals surface area contributed by atoms with Gasteiger partial charge in [0, 0.05) is 24.0 Å². The van der Waals surface area contributed by atoms with Crippen LogP contribution in [0.1, 0.15) is 36.3 Å². The Kier molecular flexibility index (Phi) is 6.92. The van der Waals surface area contributed by atoms with Crippen LogP contribution in [0.25, 0.3) is 0 Å². The summed E-state index contributed by atoms with van der Waals surface area (Å²) in [6.07, 6.45) is 1.52. The van der Waals surface area contributed by atoms with E-state index in [1.54, 1.807) is 30.3 Å². The molecular weight excluding hydrogens is 509 g/mol. The maximum atomic E-state index is 14.0. The van der Waals surface area contributed by atoms with Gasteiger partial charge in [0.1, 0.15) is 23.8 Å². The molecule has 0 radical (unpaired) electrons. The van der Waals surface area contributed by atoms with E-state index in [0.717, 1.165) is 0 Å². The molecule has 178 valence electrons. The second kappa shape index (κ2) is 9.89. The molecule has 0 saturated heterocycles. The van der Waals surface area contributed by atoms with Gasteiger partial charge in [-0.1, -0.05) is 18.2 Å². The lowest BCUT2D eigenvalue weighted by Crippen LogP contribution is -2.31. The number of ketones is 1. The van der Waals surface area contributed by atoms with Gasteiger partial charge in [0.2, 0.25) is 5.88 Å². The molecule has 1 heterocycles. The van der Waals surface area contributed by atoms with Crippen molar-refractivity contribution < 1.29 is 32.9 Å². The van der Waals surface area contributed by atoms with E-state index < -0.39 is 11.9 Å². The molecule has 0 spiro atoms. The number of nitrogens with two attached hydrogens (primary N) is 1. The zero-order valence-corrected chi connectivity index (χ0v) is 20.2. The fourth-order valence-corrected chi connectivity index (χ4v) is 4.78. The Morgan fingerprint density at radius 2 is 2.00 bits per heavy atom. The van der Waals surface area contributed by atoms with Crippen molar-refractivity contribution in [2.24, 2.45) is 5.73 Å². The molecule has 34 heavy (non-hydrogen) atoms. The number of carbonyl (C=O) groups excluding carboxylic acids is 2. The summed E-state index contributed by atoms with van der Waals surface area (Å²) in [7, 11) is 2.70. The second-order valence-corrected chi connectivity index (χ2v) is 8.69. The van der Waals surface area contributed by atoms with Gasteiger partial charge in [0.25, 0.3) is 0 Å². The second-order valence-electron chi connectivity index (χ2n) is 7.83. The fourth-order valence-electron chi connectivity index (χ4n) is 4.21. The number of benzene rings is 2. The van der Waals surface area contributed by atoms with Gasteiger partial charge in [-0.15, -0.1) is 0 Å². The van der Waals surface area contributed by atoms with Crippen LogP contribution in [0.15, 0.2) is 63.7 Å². The smallest absolute Gasteiger partial charge is 0.340 e. The van der Waals surface area contributed by atoms with Crippen LogP contribution in [0.5, 0.6) is 11.5 Å². The number of esters is 1. The number of Topliss-reactive ketones (excluding diaryl/α,β-unsaturated/α-hetero) is 1. The van der Waals surface area contributed by atoms with E-state index in [1.807, 2.05) is 0 Å². The monoisotopic (exact) mass is 531 g/mol. The van der Waals surface area contributed by atoms with Gasteiger partial charge in [-0.25, -0.2) is 9.18 Å². The Labute approximate surface area is 204 Å². The summed E-state index contributed by atoms with van der Waals surface area (Å²) >= 11 is 3.50. The zero-order valence-electron chi connectivity index (χ0n) is 18.7. The van der Waals surface area contributed by atoms with Gasteiger partial charge in [-0.3, -0.25) is 4.79 Å². The highest BCUT2D eigenvalue weighted by Crippen LogP contribution is 2.47. The summed E-state index contributed by atoms with van der Waals surface area (Å²) in [6.45, 7) is -0.0215. The highest BCUT2D eigenvalue weighted by atomic mass is 79.9. The standard InChI is InChI=1S/C25H23BrFNO6/c1-31-19-11-14(10-15(26)23(19)33-12-13-6-3-4-7-16(13)27)20-21-17(29)8-5-9-18(21)34-24(28)22(20)25(30)32-2/h3-4,6-7,10-11,20H,5,8-9,12,28H2,1-2H3/t20-/m0/s1. The molecule has 7 nitrogen and oxygen atoms in total. The first kappa shape index (κ1) is 23.8. The lowest BCUT2D eigenvalue weighted by Gasteiger charge is -2.32. The van der Waals surface area contributed by atoms with E-state index in [1.165, 1.54) is 20.3 Å². The fraction of sp³-hybridized carbons (Fsp3) is 0.280. The molecule has 2 aromatic rings. The van der Waals surface area contributed by atoms with Crippen molar-refractivity contribution in [1.29, 1.82) is 0 Å². The highest BCUT2D eigenvalue weighted by molar-refractivity contribution is 9.10. The quantitative estimate of drug-likeness (QED) is 0.542. The zero-order chi connectivity index (χ0) is 24.4. The van der Waals surface area contributed by atoms with E-state index in [2.05, 4.69) is 15.9 Å². The topological polar surface area (TPSA) is 97.1 Å². The molecule has 2 aromatic carbocycles. The van der Waals surface area contributed by atoms with Gasteiger partial charge < -0.3 is 24.7 Å². The predicted molar refractivity (Wildman–Crippen MR) is 124 cm³/mol. The van der Waals surface area contributed by atoms with Crippen LogP contribution in [-0.2, 0) is 25.7 Å². The normalized spacial score (nSPS) is 17.8. The lowest BCUT2D eigenvalue weighted by atomic mass is 9.77. The molecule has 9 heteroatoms. The molecule has 4 rings (SSSR count). The van der Waals surface area contributed by atoms with E-state index >= 15 is 0 Å². The number of hydrogen-bond acceptors (Lipinski definition) is 7. The molecule has 0 amide bonds. The molecule has 1 atom stereocenters. The van der Waals surface area contributed by atoms with Crippen LogP contribution in [0.2, 0.25) is 0 Å². The van der Waals surface area contributed by atoms with Crippen molar-refractivity contribution in [2.45, 2.75) is 31.8 Å². The van der Waals surface area contributed by atoms with E-state index in [0.29, 0.717) is 57.7 Å². The molecule has 2 aliphatic rings. The first-order valence-corrected chi connectivity index (χ1v) is 11.4.